The molecule has 1 N–H and O–H groups in total. The van der Waals surface area contributed by atoms with Crippen LogP contribution in [-0.2, 0) is 0 Å². The number of nitro groups is 1. The SMILES string of the molecule is CC1(O)CCN(C(=O)c2cc(Cl)ccc2[N+](=O)[O-])CC1. The lowest BCUT2D eigenvalue weighted by molar-refractivity contribution is -0.385. The predicted octanol–water partition coefficient (Wildman–Crippen LogP) is 2.24. The lowest BCUT2D eigenvalue weighted by Gasteiger charge is -2.35. The quantitative estimate of drug-likeness (QED) is 0.670. The van der Waals surface area contributed by atoms with Gasteiger partial charge >= 0.3 is 0 Å². The van der Waals surface area contributed by atoms with Gasteiger partial charge in [-0.05, 0) is 31.9 Å². The Kier molecular flexibility index (Phi) is 3.96. The van der Waals surface area contributed by atoms with Crippen LogP contribution < -0.4 is 0 Å². The minimum absolute atomic E-state index is 0.0101. The third-order valence-electron chi connectivity index (χ3n) is 3.51. The van der Waals surface area contributed by atoms with Crippen LogP contribution in [0.15, 0.2) is 18.2 Å². The number of likely N-dealkylation sites (tertiary alicyclic amines) is 1. The standard InChI is InChI=1S/C13H15ClN2O4/c1-13(18)4-6-15(7-5-13)12(17)10-8-9(14)2-3-11(10)16(19)20/h2-3,8,18H,4-7H2,1H3. The highest BCUT2D eigenvalue weighted by Crippen LogP contribution is 2.27. The van der Waals surface area contributed by atoms with Gasteiger partial charge in [-0.25, -0.2) is 0 Å². The van der Waals surface area contributed by atoms with Gasteiger partial charge in [0.25, 0.3) is 11.6 Å². The molecule has 0 spiro atoms. The first-order valence-corrected chi connectivity index (χ1v) is 6.63. The molecule has 7 heteroatoms. The second-order valence-corrected chi connectivity index (χ2v) is 5.64. The van der Waals surface area contributed by atoms with Crippen LogP contribution in [0, 0.1) is 10.1 Å². The molecular weight excluding hydrogens is 284 g/mol. The van der Waals surface area contributed by atoms with E-state index < -0.39 is 16.4 Å². The van der Waals surface area contributed by atoms with E-state index in [0.717, 1.165) is 0 Å². The number of carbonyl (C=O) groups excluding carboxylic acids is 1. The van der Waals surface area contributed by atoms with E-state index in [2.05, 4.69) is 0 Å². The van der Waals surface area contributed by atoms with E-state index in [-0.39, 0.29) is 16.3 Å². The van der Waals surface area contributed by atoms with Crippen LogP contribution in [-0.4, -0.2) is 39.5 Å². The van der Waals surface area contributed by atoms with Gasteiger partial charge in [0.15, 0.2) is 0 Å². The molecule has 0 bridgehead atoms. The molecule has 0 aliphatic carbocycles. The van der Waals surface area contributed by atoms with Crippen LogP contribution >= 0.6 is 11.6 Å². The number of amides is 1. The summed E-state index contributed by atoms with van der Waals surface area (Å²) >= 11 is 5.82. The van der Waals surface area contributed by atoms with Crippen LogP contribution in [0.5, 0.6) is 0 Å². The second kappa shape index (κ2) is 5.38. The van der Waals surface area contributed by atoms with Crippen molar-refractivity contribution >= 4 is 23.2 Å². The normalized spacial score (nSPS) is 17.9. The lowest BCUT2D eigenvalue weighted by Crippen LogP contribution is -2.45. The number of halogens is 1. The maximum atomic E-state index is 12.4. The molecule has 1 aliphatic heterocycles. The van der Waals surface area contributed by atoms with Crippen LogP contribution in [0.4, 0.5) is 5.69 Å². The molecule has 1 fully saturated rings. The zero-order chi connectivity index (χ0) is 14.9. The highest BCUT2D eigenvalue weighted by molar-refractivity contribution is 6.31. The van der Waals surface area contributed by atoms with Gasteiger partial charge in [0.1, 0.15) is 5.56 Å². The first-order valence-electron chi connectivity index (χ1n) is 6.26. The maximum absolute atomic E-state index is 12.4. The summed E-state index contributed by atoms with van der Waals surface area (Å²) in [6.07, 6.45) is 0.903. The van der Waals surface area contributed by atoms with Gasteiger partial charge in [0, 0.05) is 24.2 Å². The van der Waals surface area contributed by atoms with Crippen molar-refractivity contribution < 1.29 is 14.8 Å². The third kappa shape index (κ3) is 3.08. The van der Waals surface area contributed by atoms with E-state index in [4.69, 9.17) is 11.6 Å². The van der Waals surface area contributed by atoms with Gasteiger partial charge in [-0.3, -0.25) is 14.9 Å². The van der Waals surface area contributed by atoms with Crippen molar-refractivity contribution in [3.8, 4) is 0 Å². The monoisotopic (exact) mass is 298 g/mol. The molecule has 1 aliphatic rings. The first-order chi connectivity index (χ1) is 9.30. The number of rotatable bonds is 2. The average molecular weight is 299 g/mol. The zero-order valence-corrected chi connectivity index (χ0v) is 11.8. The van der Waals surface area contributed by atoms with E-state index >= 15 is 0 Å². The molecule has 0 saturated carbocycles. The summed E-state index contributed by atoms with van der Waals surface area (Å²) in [7, 11) is 0. The lowest BCUT2D eigenvalue weighted by atomic mass is 9.93. The molecule has 1 heterocycles. The Balaban J connectivity index is 2.25. The van der Waals surface area contributed by atoms with Crippen molar-refractivity contribution in [1.82, 2.24) is 4.90 Å². The fourth-order valence-electron chi connectivity index (χ4n) is 2.20. The van der Waals surface area contributed by atoms with Crippen molar-refractivity contribution in [2.45, 2.75) is 25.4 Å². The van der Waals surface area contributed by atoms with Gasteiger partial charge in [-0.1, -0.05) is 11.6 Å². The van der Waals surface area contributed by atoms with Gasteiger partial charge in [0.2, 0.25) is 0 Å². The summed E-state index contributed by atoms with van der Waals surface area (Å²) in [6, 6.07) is 3.93. The van der Waals surface area contributed by atoms with Crippen molar-refractivity contribution in [2.75, 3.05) is 13.1 Å². The third-order valence-corrected chi connectivity index (χ3v) is 3.75. The van der Waals surface area contributed by atoms with Gasteiger partial charge in [-0.15, -0.1) is 0 Å². The number of nitrogens with zero attached hydrogens (tertiary/aromatic N) is 2. The highest BCUT2D eigenvalue weighted by atomic mass is 35.5. The molecule has 1 aromatic carbocycles. The molecule has 0 aromatic heterocycles. The van der Waals surface area contributed by atoms with E-state index in [0.29, 0.717) is 25.9 Å². The number of aliphatic hydroxyl groups is 1. The minimum atomic E-state index is -0.781. The smallest absolute Gasteiger partial charge is 0.282 e. The summed E-state index contributed by atoms with van der Waals surface area (Å²) < 4.78 is 0. The Bertz CT molecular complexity index is 549. The molecule has 108 valence electrons. The van der Waals surface area contributed by atoms with Gasteiger partial charge in [-0.2, -0.15) is 0 Å². The fourth-order valence-corrected chi connectivity index (χ4v) is 2.37. The Labute approximate surface area is 121 Å². The summed E-state index contributed by atoms with van der Waals surface area (Å²) in [4.78, 5) is 24.3. The maximum Gasteiger partial charge on any atom is 0.282 e. The predicted molar refractivity (Wildman–Crippen MR) is 73.9 cm³/mol. The average Bonchev–Trinajstić information content (AvgIpc) is 2.37. The summed E-state index contributed by atoms with van der Waals surface area (Å²) in [5.74, 6) is -0.422. The Morgan fingerprint density at radius 1 is 1.45 bits per heavy atom. The highest BCUT2D eigenvalue weighted by Gasteiger charge is 2.32. The Morgan fingerprint density at radius 2 is 2.05 bits per heavy atom. The van der Waals surface area contributed by atoms with Crippen molar-refractivity contribution in [3.05, 3.63) is 38.9 Å². The number of nitro benzene ring substituents is 1. The number of carbonyl (C=O) groups is 1. The van der Waals surface area contributed by atoms with Crippen molar-refractivity contribution in [3.63, 3.8) is 0 Å². The molecule has 6 nitrogen and oxygen atoms in total. The number of hydrogen-bond acceptors (Lipinski definition) is 4. The summed E-state index contributed by atoms with van der Waals surface area (Å²) in [5.41, 5.74) is -1.04. The van der Waals surface area contributed by atoms with E-state index in [1.165, 1.54) is 23.1 Å². The second-order valence-electron chi connectivity index (χ2n) is 5.21. The number of benzene rings is 1. The fraction of sp³-hybridized carbons (Fsp3) is 0.462. The van der Waals surface area contributed by atoms with Crippen LogP contribution in [0.3, 0.4) is 0 Å². The molecule has 0 radical (unpaired) electrons. The van der Waals surface area contributed by atoms with Crippen LogP contribution in [0.2, 0.25) is 5.02 Å². The Hall–Kier alpha value is -1.66. The molecule has 20 heavy (non-hydrogen) atoms. The van der Waals surface area contributed by atoms with Gasteiger partial charge in [0.05, 0.1) is 10.5 Å². The molecule has 1 amide bonds. The first kappa shape index (κ1) is 14.7. The Morgan fingerprint density at radius 3 is 2.60 bits per heavy atom. The van der Waals surface area contributed by atoms with Gasteiger partial charge < -0.3 is 10.0 Å². The zero-order valence-electron chi connectivity index (χ0n) is 11.0. The van der Waals surface area contributed by atoms with Crippen molar-refractivity contribution in [1.29, 1.82) is 0 Å². The molecule has 2 rings (SSSR count). The largest absolute Gasteiger partial charge is 0.390 e. The minimum Gasteiger partial charge on any atom is -0.390 e. The number of hydrogen-bond donors (Lipinski definition) is 1. The topological polar surface area (TPSA) is 83.7 Å². The van der Waals surface area contributed by atoms with Crippen molar-refractivity contribution in [2.24, 2.45) is 0 Å². The molecule has 0 atom stereocenters. The van der Waals surface area contributed by atoms with E-state index in [1.807, 2.05) is 0 Å². The number of piperidine rings is 1. The molecule has 1 saturated heterocycles. The van der Waals surface area contributed by atoms with E-state index in [9.17, 15) is 20.0 Å². The molecular formula is C13H15ClN2O4. The van der Waals surface area contributed by atoms with Crippen LogP contribution in [0.1, 0.15) is 30.1 Å². The summed E-state index contributed by atoms with van der Waals surface area (Å²) in [5, 5.41) is 21.1. The molecule has 0 unspecified atom stereocenters. The summed E-state index contributed by atoms with van der Waals surface area (Å²) in [6.45, 7) is 2.46. The van der Waals surface area contributed by atoms with Crippen LogP contribution in [0.25, 0.3) is 0 Å². The van der Waals surface area contributed by atoms with E-state index in [1.54, 1.807) is 6.92 Å². The molecule has 1 aromatic rings.